The number of piperazine rings is 1. The zero-order valence-electron chi connectivity index (χ0n) is 13.4. The van der Waals surface area contributed by atoms with Gasteiger partial charge in [0.25, 0.3) is 0 Å². The maximum absolute atomic E-state index is 13.7. The number of hydrogen-bond acceptors (Lipinski definition) is 4. The molecule has 2 aromatic rings. The van der Waals surface area contributed by atoms with Gasteiger partial charge >= 0.3 is 0 Å². The lowest BCUT2D eigenvalue weighted by atomic mass is 10.1. The van der Waals surface area contributed by atoms with Gasteiger partial charge in [-0.15, -0.1) is 0 Å². The molecule has 1 aliphatic rings. The molecule has 1 amide bonds. The minimum absolute atomic E-state index is 0.0614. The number of rotatable bonds is 4. The summed E-state index contributed by atoms with van der Waals surface area (Å²) >= 11 is 0. The van der Waals surface area contributed by atoms with E-state index in [4.69, 9.17) is 0 Å². The standard InChI is InChI=1S/C17H18F2N4O/c1-2-12-8-20-17(21-9-12)23-6-5-22(16(24)11-23)10-13-7-14(18)3-4-15(13)19/h3-4,7-9H,2,5-6,10-11H2,1H3. The number of amides is 1. The minimum Gasteiger partial charge on any atom is -0.335 e. The van der Waals surface area contributed by atoms with Crippen LogP contribution in [-0.2, 0) is 17.8 Å². The molecule has 7 heteroatoms. The molecule has 5 nitrogen and oxygen atoms in total. The van der Waals surface area contributed by atoms with Crippen molar-refractivity contribution in [2.45, 2.75) is 19.9 Å². The van der Waals surface area contributed by atoms with E-state index in [1.54, 1.807) is 17.3 Å². The highest BCUT2D eigenvalue weighted by Gasteiger charge is 2.26. The summed E-state index contributed by atoms with van der Waals surface area (Å²) < 4.78 is 27.0. The molecule has 3 rings (SSSR count). The Morgan fingerprint density at radius 3 is 2.58 bits per heavy atom. The highest BCUT2D eigenvalue weighted by molar-refractivity contribution is 5.82. The number of hydrogen-bond donors (Lipinski definition) is 0. The molecule has 0 bridgehead atoms. The van der Waals surface area contributed by atoms with E-state index in [1.807, 2.05) is 6.92 Å². The topological polar surface area (TPSA) is 49.3 Å². The highest BCUT2D eigenvalue weighted by Crippen LogP contribution is 2.16. The van der Waals surface area contributed by atoms with Crippen LogP contribution in [0.5, 0.6) is 0 Å². The van der Waals surface area contributed by atoms with Gasteiger partial charge in [-0.25, -0.2) is 18.7 Å². The van der Waals surface area contributed by atoms with Gasteiger partial charge in [-0.1, -0.05) is 6.92 Å². The quantitative estimate of drug-likeness (QED) is 0.861. The predicted octanol–water partition coefficient (Wildman–Crippen LogP) is 2.17. The largest absolute Gasteiger partial charge is 0.335 e. The smallest absolute Gasteiger partial charge is 0.242 e. The first-order valence-corrected chi connectivity index (χ1v) is 7.84. The molecule has 1 fully saturated rings. The van der Waals surface area contributed by atoms with Crippen molar-refractivity contribution in [3.63, 3.8) is 0 Å². The van der Waals surface area contributed by atoms with Gasteiger partial charge in [0.1, 0.15) is 18.2 Å². The number of carbonyl (C=O) groups is 1. The van der Waals surface area contributed by atoms with Crippen LogP contribution in [0.25, 0.3) is 0 Å². The normalized spacial score (nSPS) is 15.0. The van der Waals surface area contributed by atoms with Crippen LogP contribution in [0.15, 0.2) is 30.6 Å². The van der Waals surface area contributed by atoms with Crippen molar-refractivity contribution in [2.24, 2.45) is 0 Å². The predicted molar refractivity (Wildman–Crippen MR) is 85.4 cm³/mol. The summed E-state index contributed by atoms with van der Waals surface area (Å²) in [5, 5.41) is 0. The molecule has 0 aliphatic carbocycles. The summed E-state index contributed by atoms with van der Waals surface area (Å²) in [7, 11) is 0. The Kier molecular flexibility index (Phi) is 4.69. The Labute approximate surface area is 138 Å². The molecule has 0 spiro atoms. The van der Waals surface area contributed by atoms with Crippen LogP contribution >= 0.6 is 0 Å². The van der Waals surface area contributed by atoms with Gasteiger partial charge in [-0.3, -0.25) is 4.79 Å². The average molecular weight is 332 g/mol. The summed E-state index contributed by atoms with van der Waals surface area (Å²) in [5.74, 6) is -0.669. The van der Waals surface area contributed by atoms with Gasteiger partial charge in [-0.05, 0) is 30.2 Å². The van der Waals surface area contributed by atoms with Crippen molar-refractivity contribution in [1.82, 2.24) is 14.9 Å². The van der Waals surface area contributed by atoms with Crippen LogP contribution in [0.3, 0.4) is 0 Å². The third-order valence-electron chi connectivity index (χ3n) is 4.07. The monoisotopic (exact) mass is 332 g/mol. The van der Waals surface area contributed by atoms with Crippen molar-refractivity contribution >= 4 is 11.9 Å². The summed E-state index contributed by atoms with van der Waals surface area (Å²) in [6.45, 7) is 3.17. The number of aromatic nitrogens is 2. The zero-order valence-corrected chi connectivity index (χ0v) is 13.4. The second kappa shape index (κ2) is 6.90. The third-order valence-corrected chi connectivity index (χ3v) is 4.07. The number of aryl methyl sites for hydroxylation is 1. The molecule has 126 valence electrons. The molecule has 2 heterocycles. The second-order valence-corrected chi connectivity index (χ2v) is 5.72. The van der Waals surface area contributed by atoms with E-state index in [-0.39, 0.29) is 24.6 Å². The van der Waals surface area contributed by atoms with Crippen LogP contribution < -0.4 is 4.90 Å². The number of halogens is 2. The van der Waals surface area contributed by atoms with E-state index in [9.17, 15) is 13.6 Å². The lowest BCUT2D eigenvalue weighted by Crippen LogP contribution is -2.50. The maximum Gasteiger partial charge on any atom is 0.242 e. The fraction of sp³-hybridized carbons (Fsp3) is 0.353. The van der Waals surface area contributed by atoms with Gasteiger partial charge in [0, 0.05) is 37.6 Å². The molecule has 1 aliphatic heterocycles. The Balaban J connectivity index is 1.66. The number of anilines is 1. The fourth-order valence-electron chi connectivity index (χ4n) is 2.61. The molecule has 0 atom stereocenters. The van der Waals surface area contributed by atoms with Crippen molar-refractivity contribution in [2.75, 3.05) is 24.5 Å². The van der Waals surface area contributed by atoms with Gasteiger partial charge < -0.3 is 9.80 Å². The third kappa shape index (κ3) is 3.50. The van der Waals surface area contributed by atoms with E-state index in [0.29, 0.717) is 19.0 Å². The molecule has 0 unspecified atom stereocenters. The van der Waals surface area contributed by atoms with E-state index in [2.05, 4.69) is 9.97 Å². The average Bonchev–Trinajstić information content (AvgIpc) is 2.60. The van der Waals surface area contributed by atoms with Crippen molar-refractivity contribution in [3.05, 3.63) is 53.4 Å². The molecular formula is C17H18F2N4O. The van der Waals surface area contributed by atoms with Crippen molar-refractivity contribution in [1.29, 1.82) is 0 Å². The van der Waals surface area contributed by atoms with Crippen LogP contribution in [0.1, 0.15) is 18.1 Å². The summed E-state index contributed by atoms with van der Waals surface area (Å²) in [6.07, 6.45) is 4.36. The van der Waals surface area contributed by atoms with Crippen LogP contribution in [-0.4, -0.2) is 40.4 Å². The Bertz CT molecular complexity index is 736. The van der Waals surface area contributed by atoms with E-state index >= 15 is 0 Å². The van der Waals surface area contributed by atoms with E-state index in [1.165, 1.54) is 4.90 Å². The highest BCUT2D eigenvalue weighted by atomic mass is 19.1. The molecule has 1 aromatic heterocycles. The van der Waals surface area contributed by atoms with Crippen LogP contribution in [0, 0.1) is 11.6 Å². The molecular weight excluding hydrogens is 314 g/mol. The van der Waals surface area contributed by atoms with E-state index in [0.717, 1.165) is 30.2 Å². The lowest BCUT2D eigenvalue weighted by Gasteiger charge is -2.34. The minimum atomic E-state index is -0.512. The Morgan fingerprint density at radius 1 is 1.17 bits per heavy atom. The van der Waals surface area contributed by atoms with Gasteiger partial charge in [0.15, 0.2) is 0 Å². The molecule has 0 N–H and O–H groups in total. The first-order valence-electron chi connectivity index (χ1n) is 7.84. The molecule has 1 saturated heterocycles. The first kappa shape index (κ1) is 16.3. The lowest BCUT2D eigenvalue weighted by molar-refractivity contribution is -0.131. The van der Waals surface area contributed by atoms with E-state index < -0.39 is 11.6 Å². The molecule has 1 aromatic carbocycles. The van der Waals surface area contributed by atoms with Crippen molar-refractivity contribution < 1.29 is 13.6 Å². The number of nitrogens with zero attached hydrogens (tertiary/aromatic N) is 4. The number of carbonyl (C=O) groups excluding carboxylic acids is 1. The summed E-state index contributed by atoms with van der Waals surface area (Å²) in [4.78, 5) is 24.2. The van der Waals surface area contributed by atoms with Gasteiger partial charge in [0.05, 0.1) is 0 Å². The summed E-state index contributed by atoms with van der Waals surface area (Å²) in [6, 6.07) is 3.27. The Morgan fingerprint density at radius 2 is 1.92 bits per heavy atom. The van der Waals surface area contributed by atoms with Crippen LogP contribution in [0.2, 0.25) is 0 Å². The first-order chi connectivity index (χ1) is 11.6. The van der Waals surface area contributed by atoms with Crippen molar-refractivity contribution in [3.8, 4) is 0 Å². The molecule has 0 saturated carbocycles. The molecule has 24 heavy (non-hydrogen) atoms. The maximum atomic E-state index is 13.7. The van der Waals surface area contributed by atoms with Gasteiger partial charge in [-0.2, -0.15) is 0 Å². The van der Waals surface area contributed by atoms with Crippen LogP contribution in [0.4, 0.5) is 14.7 Å². The Hall–Kier alpha value is -2.57. The van der Waals surface area contributed by atoms with Gasteiger partial charge in [0.2, 0.25) is 11.9 Å². The SMILES string of the molecule is CCc1cnc(N2CCN(Cc3cc(F)ccc3F)C(=O)C2)nc1. The second-order valence-electron chi connectivity index (χ2n) is 5.72. The zero-order chi connectivity index (χ0) is 17.1. The fourth-order valence-corrected chi connectivity index (χ4v) is 2.61. The molecule has 0 radical (unpaired) electrons. The summed E-state index contributed by atoms with van der Waals surface area (Å²) in [5.41, 5.74) is 1.21. The number of benzene rings is 1.